The van der Waals surface area contributed by atoms with E-state index in [-0.39, 0.29) is 42.7 Å². The second-order valence-corrected chi connectivity index (χ2v) is 9.37. The van der Waals surface area contributed by atoms with Gasteiger partial charge in [0.2, 0.25) is 17.7 Å². The van der Waals surface area contributed by atoms with Crippen LogP contribution in [-0.4, -0.2) is 54.7 Å². The lowest BCUT2D eigenvalue weighted by atomic mass is 10.0. The molecule has 0 fully saturated rings. The molecule has 2 atom stereocenters. The zero-order chi connectivity index (χ0) is 25.0. The van der Waals surface area contributed by atoms with Crippen molar-refractivity contribution in [2.75, 3.05) is 13.1 Å². The maximum atomic E-state index is 13.2. The molecule has 1 aromatic carbocycles. The van der Waals surface area contributed by atoms with Crippen molar-refractivity contribution in [3.05, 3.63) is 35.9 Å². The number of carbonyl (C=O) groups excluding carboxylic acids is 4. The third-order valence-electron chi connectivity index (χ3n) is 5.03. The molecule has 3 amide bonds. The van der Waals surface area contributed by atoms with Gasteiger partial charge in [-0.2, -0.15) is 0 Å². The monoisotopic (exact) mass is 460 g/mol. The molecular formula is C25H40N4O4. The van der Waals surface area contributed by atoms with Crippen molar-refractivity contribution < 1.29 is 19.2 Å². The molecule has 1 rings (SSSR count). The van der Waals surface area contributed by atoms with Crippen LogP contribution in [0.1, 0.15) is 53.5 Å². The standard InChI is InChI=1S/C25H40N4O4/c1-16(2)12-20(24(32)27-14-22(30)17(3)4)29-25(33)21(13-19-10-8-7-9-11-19)28-23(31)15-26-18(5)6/h7-11,16-18,20-21,26H,12-15H2,1-6H3,(H,27,32)(H,28,31)(H,29,33)/t20-,21-/m0/s1. The SMILES string of the molecule is CC(C)C[C@H](NC(=O)[C@H](Cc1ccccc1)NC(=O)CNC(C)C)C(=O)NCC(=O)C(C)C. The summed E-state index contributed by atoms with van der Waals surface area (Å²) in [5, 5.41) is 11.2. The summed E-state index contributed by atoms with van der Waals surface area (Å²) in [6.45, 7) is 11.3. The number of hydrogen-bond donors (Lipinski definition) is 4. The molecule has 184 valence electrons. The van der Waals surface area contributed by atoms with Crippen molar-refractivity contribution in [3.63, 3.8) is 0 Å². The minimum Gasteiger partial charge on any atom is -0.347 e. The molecule has 4 N–H and O–H groups in total. The van der Waals surface area contributed by atoms with Gasteiger partial charge < -0.3 is 21.3 Å². The van der Waals surface area contributed by atoms with Crippen LogP contribution in [0.3, 0.4) is 0 Å². The Morgan fingerprint density at radius 2 is 1.42 bits per heavy atom. The van der Waals surface area contributed by atoms with Crippen LogP contribution >= 0.6 is 0 Å². The Labute approximate surface area is 197 Å². The number of Topliss-reactive ketones (excluding diaryl/α,β-unsaturated/α-hetero) is 1. The van der Waals surface area contributed by atoms with E-state index in [0.717, 1.165) is 5.56 Å². The lowest BCUT2D eigenvalue weighted by Crippen LogP contribution is -2.56. The molecule has 0 bridgehead atoms. The number of hydrogen-bond acceptors (Lipinski definition) is 5. The first-order valence-electron chi connectivity index (χ1n) is 11.7. The normalized spacial score (nSPS) is 13.0. The molecule has 0 saturated carbocycles. The Balaban J connectivity index is 2.94. The highest BCUT2D eigenvalue weighted by Crippen LogP contribution is 2.08. The van der Waals surface area contributed by atoms with Gasteiger partial charge in [0, 0.05) is 18.4 Å². The molecule has 0 aliphatic heterocycles. The maximum absolute atomic E-state index is 13.2. The van der Waals surface area contributed by atoms with Gasteiger partial charge in [0.05, 0.1) is 13.1 Å². The van der Waals surface area contributed by atoms with Crippen LogP contribution in [0.25, 0.3) is 0 Å². The molecule has 0 radical (unpaired) electrons. The minimum absolute atomic E-state index is 0.0774. The Morgan fingerprint density at radius 3 is 1.97 bits per heavy atom. The molecule has 1 aromatic rings. The van der Waals surface area contributed by atoms with E-state index in [2.05, 4.69) is 21.3 Å². The van der Waals surface area contributed by atoms with Gasteiger partial charge in [0.25, 0.3) is 0 Å². The molecule has 8 nitrogen and oxygen atoms in total. The molecule has 0 unspecified atom stereocenters. The Hall–Kier alpha value is -2.74. The summed E-state index contributed by atoms with van der Waals surface area (Å²) in [4.78, 5) is 50.2. The van der Waals surface area contributed by atoms with E-state index in [1.807, 2.05) is 58.0 Å². The summed E-state index contributed by atoms with van der Waals surface area (Å²) < 4.78 is 0. The molecule has 33 heavy (non-hydrogen) atoms. The fourth-order valence-electron chi connectivity index (χ4n) is 3.08. The number of rotatable bonds is 14. The summed E-state index contributed by atoms with van der Waals surface area (Å²) in [7, 11) is 0. The van der Waals surface area contributed by atoms with E-state index in [4.69, 9.17) is 0 Å². The summed E-state index contributed by atoms with van der Waals surface area (Å²) in [6.07, 6.45) is 0.705. The van der Waals surface area contributed by atoms with Gasteiger partial charge in [-0.1, -0.05) is 71.9 Å². The summed E-state index contributed by atoms with van der Waals surface area (Å²) in [5.41, 5.74) is 0.891. The fourth-order valence-corrected chi connectivity index (χ4v) is 3.08. The first-order valence-corrected chi connectivity index (χ1v) is 11.7. The quantitative estimate of drug-likeness (QED) is 0.336. The number of benzene rings is 1. The van der Waals surface area contributed by atoms with Crippen molar-refractivity contribution in [1.82, 2.24) is 21.3 Å². The van der Waals surface area contributed by atoms with E-state index >= 15 is 0 Å². The zero-order valence-electron chi connectivity index (χ0n) is 20.7. The van der Waals surface area contributed by atoms with Gasteiger partial charge >= 0.3 is 0 Å². The summed E-state index contributed by atoms with van der Waals surface area (Å²) in [6, 6.07) is 7.87. The van der Waals surface area contributed by atoms with Gasteiger partial charge in [0.15, 0.2) is 5.78 Å². The van der Waals surface area contributed by atoms with Crippen molar-refractivity contribution >= 4 is 23.5 Å². The molecule has 0 spiro atoms. The highest BCUT2D eigenvalue weighted by Gasteiger charge is 2.28. The maximum Gasteiger partial charge on any atom is 0.243 e. The number of ketones is 1. The Kier molecular flexibility index (Phi) is 12.4. The summed E-state index contributed by atoms with van der Waals surface area (Å²) in [5.74, 6) is -1.27. The van der Waals surface area contributed by atoms with Crippen molar-refractivity contribution in [2.45, 2.75) is 72.5 Å². The van der Waals surface area contributed by atoms with Crippen molar-refractivity contribution in [2.24, 2.45) is 11.8 Å². The predicted octanol–water partition coefficient (Wildman–Crippen LogP) is 1.58. The molecule has 8 heteroatoms. The molecule has 0 saturated heterocycles. The Morgan fingerprint density at radius 1 is 0.788 bits per heavy atom. The highest BCUT2D eigenvalue weighted by atomic mass is 16.2. The van der Waals surface area contributed by atoms with Crippen LogP contribution < -0.4 is 21.3 Å². The second-order valence-electron chi connectivity index (χ2n) is 9.37. The van der Waals surface area contributed by atoms with Gasteiger partial charge in [-0.25, -0.2) is 0 Å². The van der Waals surface area contributed by atoms with E-state index < -0.39 is 23.9 Å². The van der Waals surface area contributed by atoms with E-state index in [1.165, 1.54) is 0 Å². The topological polar surface area (TPSA) is 116 Å². The third kappa shape index (κ3) is 11.6. The average Bonchev–Trinajstić information content (AvgIpc) is 2.75. The summed E-state index contributed by atoms with van der Waals surface area (Å²) >= 11 is 0. The molecular weight excluding hydrogens is 420 g/mol. The van der Waals surface area contributed by atoms with Crippen LogP contribution in [0.4, 0.5) is 0 Å². The van der Waals surface area contributed by atoms with Gasteiger partial charge in [0.1, 0.15) is 12.1 Å². The first kappa shape index (κ1) is 28.3. The van der Waals surface area contributed by atoms with Gasteiger partial charge in [-0.3, -0.25) is 19.2 Å². The van der Waals surface area contributed by atoms with Crippen molar-refractivity contribution in [3.8, 4) is 0 Å². The molecule has 0 aliphatic rings. The van der Waals surface area contributed by atoms with E-state index in [1.54, 1.807) is 13.8 Å². The van der Waals surface area contributed by atoms with Crippen LogP contribution in [-0.2, 0) is 25.6 Å². The second kappa shape index (κ2) is 14.4. The number of carbonyl (C=O) groups is 4. The van der Waals surface area contributed by atoms with Crippen LogP contribution in [0, 0.1) is 11.8 Å². The fraction of sp³-hybridized carbons (Fsp3) is 0.600. The minimum atomic E-state index is -0.839. The molecule has 0 aromatic heterocycles. The predicted molar refractivity (Wildman–Crippen MR) is 129 cm³/mol. The number of nitrogens with one attached hydrogen (secondary N) is 4. The molecule has 0 heterocycles. The van der Waals surface area contributed by atoms with E-state index in [9.17, 15) is 19.2 Å². The van der Waals surface area contributed by atoms with Gasteiger partial charge in [-0.15, -0.1) is 0 Å². The van der Waals surface area contributed by atoms with E-state index in [0.29, 0.717) is 12.8 Å². The molecule has 0 aliphatic carbocycles. The van der Waals surface area contributed by atoms with Crippen LogP contribution in [0.15, 0.2) is 30.3 Å². The average molecular weight is 461 g/mol. The highest BCUT2D eigenvalue weighted by molar-refractivity contribution is 5.94. The lowest BCUT2D eigenvalue weighted by Gasteiger charge is -2.24. The zero-order valence-corrected chi connectivity index (χ0v) is 20.7. The van der Waals surface area contributed by atoms with Crippen molar-refractivity contribution in [1.29, 1.82) is 0 Å². The smallest absolute Gasteiger partial charge is 0.243 e. The Bertz CT molecular complexity index is 778. The number of amides is 3. The largest absolute Gasteiger partial charge is 0.347 e. The lowest BCUT2D eigenvalue weighted by molar-refractivity contribution is -0.133. The third-order valence-corrected chi connectivity index (χ3v) is 5.03. The van der Waals surface area contributed by atoms with Gasteiger partial charge in [-0.05, 0) is 17.9 Å². The van der Waals surface area contributed by atoms with Crippen LogP contribution in [0.2, 0.25) is 0 Å². The first-order chi connectivity index (χ1) is 15.5. The van der Waals surface area contributed by atoms with Crippen LogP contribution in [0.5, 0.6) is 0 Å².